The second-order valence-corrected chi connectivity index (χ2v) is 7.56. The van der Waals surface area contributed by atoms with E-state index in [4.69, 9.17) is 15.9 Å². The molecule has 3 heterocycles. The minimum Gasteiger partial charge on any atom is -0.344 e. The first-order valence-electron chi connectivity index (χ1n) is 8.46. The van der Waals surface area contributed by atoms with Crippen LogP contribution in [0.1, 0.15) is 46.0 Å². The van der Waals surface area contributed by atoms with E-state index in [1.165, 1.54) is 0 Å². The van der Waals surface area contributed by atoms with Crippen LogP contribution in [0.15, 0.2) is 10.2 Å². The number of hydrogen-bond donors (Lipinski definition) is 0. The summed E-state index contributed by atoms with van der Waals surface area (Å²) in [4.78, 5) is 14.6. The second kappa shape index (κ2) is 5.02. The maximum atomic E-state index is 12.6. The zero-order chi connectivity index (χ0) is 16.2. The Morgan fingerprint density at radius 2 is 2.04 bits per heavy atom. The van der Waals surface area contributed by atoms with E-state index in [1.807, 2.05) is 18.7 Å². The van der Waals surface area contributed by atoms with Gasteiger partial charge in [0.15, 0.2) is 11.4 Å². The van der Waals surface area contributed by atoms with Crippen LogP contribution in [-0.4, -0.2) is 47.1 Å². The number of nitrogens with zero attached hydrogens (tertiary/aromatic N) is 3. The molecule has 1 aliphatic carbocycles. The molecule has 2 saturated heterocycles. The third-order valence-electron chi connectivity index (χ3n) is 5.50. The van der Waals surface area contributed by atoms with Crippen LogP contribution >= 0.6 is 0 Å². The fourth-order valence-electron chi connectivity index (χ4n) is 4.33. The first-order valence-corrected chi connectivity index (χ1v) is 8.46. The molecule has 0 radical (unpaired) electrons. The van der Waals surface area contributed by atoms with Crippen LogP contribution in [0.5, 0.6) is 0 Å². The topological polar surface area (TPSA) is 63.5 Å². The number of terminal acetylenes is 1. The number of rotatable bonds is 5. The van der Waals surface area contributed by atoms with E-state index in [9.17, 15) is 4.79 Å². The highest BCUT2D eigenvalue weighted by Crippen LogP contribution is 2.48. The van der Waals surface area contributed by atoms with Gasteiger partial charge in [0.1, 0.15) is 6.10 Å². The largest absolute Gasteiger partial charge is 0.344 e. The third-order valence-corrected chi connectivity index (χ3v) is 5.50. The molecule has 0 N–H and O–H groups in total. The molecular weight excluding hydrogens is 294 g/mol. The number of hydrogen-bond acceptors (Lipinski definition) is 5. The molecule has 1 amide bonds. The lowest BCUT2D eigenvalue weighted by atomic mass is 10.0. The number of amides is 1. The third kappa shape index (κ3) is 2.56. The molecule has 0 unspecified atom stereocenters. The van der Waals surface area contributed by atoms with Crippen molar-refractivity contribution in [3.8, 4) is 12.3 Å². The minimum absolute atomic E-state index is 0.0263. The van der Waals surface area contributed by atoms with Gasteiger partial charge in [-0.2, -0.15) is 10.2 Å². The molecule has 4 rings (SSSR count). The lowest BCUT2D eigenvalue weighted by Crippen LogP contribution is -2.49. The summed E-state index contributed by atoms with van der Waals surface area (Å²) in [5, 5.41) is 8.21. The normalized spacial score (nSPS) is 37.7. The Hall–Kier alpha value is -1.45. The first kappa shape index (κ1) is 15.1. The molecule has 3 fully saturated rings. The molecule has 3 aliphatic heterocycles. The molecule has 6 nitrogen and oxygen atoms in total. The molecule has 0 aromatic carbocycles. The van der Waals surface area contributed by atoms with Crippen molar-refractivity contribution in [1.82, 2.24) is 4.90 Å². The molecule has 124 valence electrons. The average Bonchev–Trinajstić information content (AvgIpc) is 2.85. The lowest BCUT2D eigenvalue weighted by molar-refractivity contribution is -0.157. The van der Waals surface area contributed by atoms with E-state index in [1.54, 1.807) is 0 Å². The van der Waals surface area contributed by atoms with Crippen molar-refractivity contribution in [3.63, 3.8) is 0 Å². The van der Waals surface area contributed by atoms with Crippen LogP contribution in [0.3, 0.4) is 0 Å². The van der Waals surface area contributed by atoms with Crippen molar-refractivity contribution < 1.29 is 14.3 Å². The molecule has 4 atom stereocenters. The molecule has 2 bridgehead atoms. The van der Waals surface area contributed by atoms with Crippen LogP contribution in [0.2, 0.25) is 0 Å². The van der Waals surface area contributed by atoms with Crippen molar-refractivity contribution in [2.24, 2.45) is 16.1 Å². The van der Waals surface area contributed by atoms with Gasteiger partial charge in [-0.3, -0.25) is 4.79 Å². The highest BCUT2D eigenvalue weighted by atomic mass is 16.8. The standard InChI is InChI=1S/C17H23N3O3/c1-4-5-7-17(18-19-17)8-6-13(21)20-10-11-9-12(20)15-14(11)22-16(2,3)23-15/h1,11-12,14-15H,5-10H2,2-3H3/t11-,12-,14-,15+/m1/s1. The number of fused-ring (bicyclic) bond motifs is 5. The summed E-state index contributed by atoms with van der Waals surface area (Å²) in [6, 6.07) is 0.161. The molecular formula is C17H23N3O3. The van der Waals surface area contributed by atoms with E-state index in [-0.39, 0.29) is 29.8 Å². The van der Waals surface area contributed by atoms with Gasteiger partial charge in [0, 0.05) is 38.1 Å². The van der Waals surface area contributed by atoms with E-state index < -0.39 is 5.79 Å². The fraction of sp³-hybridized carbons (Fsp3) is 0.824. The summed E-state index contributed by atoms with van der Waals surface area (Å²) in [5.41, 5.74) is -0.377. The number of carbonyl (C=O) groups is 1. The van der Waals surface area contributed by atoms with Crippen LogP contribution in [0.25, 0.3) is 0 Å². The van der Waals surface area contributed by atoms with E-state index in [0.29, 0.717) is 25.2 Å². The van der Waals surface area contributed by atoms with Crippen molar-refractivity contribution in [1.29, 1.82) is 0 Å². The Kier molecular flexibility index (Phi) is 3.30. The van der Waals surface area contributed by atoms with Gasteiger partial charge in [-0.25, -0.2) is 0 Å². The molecule has 0 aromatic rings. The zero-order valence-corrected chi connectivity index (χ0v) is 13.7. The fourth-order valence-corrected chi connectivity index (χ4v) is 4.33. The van der Waals surface area contributed by atoms with Gasteiger partial charge in [-0.05, 0) is 20.3 Å². The number of ether oxygens (including phenoxy) is 2. The van der Waals surface area contributed by atoms with Gasteiger partial charge in [-0.15, -0.1) is 12.3 Å². The molecule has 4 aliphatic rings. The molecule has 0 spiro atoms. The van der Waals surface area contributed by atoms with E-state index in [0.717, 1.165) is 19.4 Å². The van der Waals surface area contributed by atoms with Gasteiger partial charge < -0.3 is 14.4 Å². The second-order valence-electron chi connectivity index (χ2n) is 7.56. The Balaban J connectivity index is 1.34. The summed E-state index contributed by atoms with van der Waals surface area (Å²) in [7, 11) is 0. The Labute approximate surface area is 136 Å². The number of piperidine rings is 1. The summed E-state index contributed by atoms with van der Waals surface area (Å²) in [5.74, 6) is 2.67. The summed E-state index contributed by atoms with van der Waals surface area (Å²) in [6.45, 7) is 4.68. The lowest BCUT2D eigenvalue weighted by Gasteiger charge is -2.33. The molecule has 1 saturated carbocycles. The zero-order valence-electron chi connectivity index (χ0n) is 13.7. The highest BCUT2D eigenvalue weighted by molar-refractivity contribution is 5.77. The van der Waals surface area contributed by atoms with Gasteiger partial charge >= 0.3 is 0 Å². The SMILES string of the molecule is C#CCCC1(CCC(=O)N2C[C@H]3C[C@@H]2[C@@H]2OC(C)(C)O[C@H]32)N=N1. The van der Waals surface area contributed by atoms with Crippen molar-refractivity contribution in [2.75, 3.05) is 6.54 Å². The van der Waals surface area contributed by atoms with Gasteiger partial charge in [0.25, 0.3) is 0 Å². The summed E-state index contributed by atoms with van der Waals surface area (Å²) >= 11 is 0. The molecule has 0 aromatic heterocycles. The Bertz CT molecular complexity index is 588. The van der Waals surface area contributed by atoms with Crippen molar-refractivity contribution >= 4 is 5.91 Å². The average molecular weight is 317 g/mol. The Morgan fingerprint density at radius 3 is 2.74 bits per heavy atom. The maximum Gasteiger partial charge on any atom is 0.223 e. The number of likely N-dealkylation sites (tertiary alicyclic amines) is 1. The van der Waals surface area contributed by atoms with Crippen molar-refractivity contribution in [3.05, 3.63) is 0 Å². The highest BCUT2D eigenvalue weighted by Gasteiger charge is 2.60. The molecule has 6 heteroatoms. The smallest absolute Gasteiger partial charge is 0.223 e. The maximum absolute atomic E-state index is 12.6. The van der Waals surface area contributed by atoms with Crippen LogP contribution in [-0.2, 0) is 14.3 Å². The van der Waals surface area contributed by atoms with Gasteiger partial charge in [0.2, 0.25) is 5.91 Å². The van der Waals surface area contributed by atoms with Gasteiger partial charge in [0.05, 0.1) is 12.1 Å². The minimum atomic E-state index is -0.531. The molecule has 23 heavy (non-hydrogen) atoms. The summed E-state index contributed by atoms with van der Waals surface area (Å²) < 4.78 is 12.0. The Morgan fingerprint density at radius 1 is 1.30 bits per heavy atom. The first-order chi connectivity index (χ1) is 10.9. The van der Waals surface area contributed by atoms with E-state index >= 15 is 0 Å². The monoisotopic (exact) mass is 317 g/mol. The van der Waals surface area contributed by atoms with Gasteiger partial charge in [-0.1, -0.05) is 0 Å². The summed E-state index contributed by atoms with van der Waals surface area (Å²) in [6.07, 6.45) is 9.01. The van der Waals surface area contributed by atoms with Crippen LogP contribution in [0, 0.1) is 18.3 Å². The quantitative estimate of drug-likeness (QED) is 0.729. The van der Waals surface area contributed by atoms with Crippen LogP contribution < -0.4 is 0 Å². The predicted octanol–water partition coefficient (Wildman–Crippen LogP) is 2.09. The van der Waals surface area contributed by atoms with E-state index in [2.05, 4.69) is 16.1 Å². The van der Waals surface area contributed by atoms with Crippen LogP contribution in [0.4, 0.5) is 0 Å². The number of carbonyl (C=O) groups excluding carboxylic acids is 1. The van der Waals surface area contributed by atoms with Crippen molar-refractivity contribution in [2.45, 2.75) is 75.7 Å². The predicted molar refractivity (Wildman–Crippen MR) is 82.3 cm³/mol.